The van der Waals surface area contributed by atoms with Crippen molar-refractivity contribution in [3.8, 4) is 0 Å². The molecule has 1 saturated carbocycles. The van der Waals surface area contributed by atoms with Gasteiger partial charge in [0.1, 0.15) is 5.69 Å². The van der Waals surface area contributed by atoms with Crippen LogP contribution in [0.4, 0.5) is 11.4 Å². The van der Waals surface area contributed by atoms with Crippen LogP contribution < -0.4 is 10.6 Å². The van der Waals surface area contributed by atoms with E-state index in [1.165, 1.54) is 29.5 Å². The van der Waals surface area contributed by atoms with Gasteiger partial charge in [-0.3, -0.25) is 4.79 Å². The molecule has 0 atom stereocenters. The van der Waals surface area contributed by atoms with Gasteiger partial charge >= 0.3 is 0 Å². The maximum atomic E-state index is 12.2. The second-order valence-corrected chi connectivity index (χ2v) is 6.79. The summed E-state index contributed by atoms with van der Waals surface area (Å²) < 4.78 is 0. The van der Waals surface area contributed by atoms with E-state index in [2.05, 4.69) is 48.5 Å². The van der Waals surface area contributed by atoms with E-state index in [9.17, 15) is 4.79 Å². The van der Waals surface area contributed by atoms with E-state index >= 15 is 0 Å². The predicted molar refractivity (Wildman–Crippen MR) is 97.9 cm³/mol. The van der Waals surface area contributed by atoms with E-state index in [1.807, 2.05) is 6.07 Å². The van der Waals surface area contributed by atoms with Gasteiger partial charge in [0.2, 0.25) is 0 Å². The van der Waals surface area contributed by atoms with Gasteiger partial charge in [0, 0.05) is 11.7 Å². The number of nitrogens with one attached hydrogen (secondary N) is 2. The average molecular weight is 323 g/mol. The van der Waals surface area contributed by atoms with Crippen LogP contribution in [0, 0.1) is 20.8 Å². The first-order chi connectivity index (χ1) is 11.5. The number of amides is 1. The molecule has 1 fully saturated rings. The zero-order valence-corrected chi connectivity index (χ0v) is 14.6. The summed E-state index contributed by atoms with van der Waals surface area (Å²) in [5.41, 5.74) is 6.14. The van der Waals surface area contributed by atoms with Crippen molar-refractivity contribution in [1.82, 2.24) is 10.3 Å². The third-order valence-corrected chi connectivity index (χ3v) is 4.63. The van der Waals surface area contributed by atoms with E-state index in [0.717, 1.165) is 24.2 Å². The lowest BCUT2D eigenvalue weighted by Gasteiger charge is -2.14. The van der Waals surface area contributed by atoms with E-state index in [4.69, 9.17) is 0 Å². The Balaban J connectivity index is 1.69. The van der Waals surface area contributed by atoms with Crippen LogP contribution in [-0.4, -0.2) is 16.9 Å². The first-order valence-corrected chi connectivity index (χ1v) is 8.65. The molecule has 0 aliphatic heterocycles. The van der Waals surface area contributed by atoms with Crippen LogP contribution >= 0.6 is 0 Å². The van der Waals surface area contributed by atoms with Crippen LogP contribution in [0.2, 0.25) is 0 Å². The highest BCUT2D eigenvalue weighted by molar-refractivity contribution is 5.92. The van der Waals surface area contributed by atoms with Crippen molar-refractivity contribution >= 4 is 17.3 Å². The Bertz CT molecular complexity index is 708. The number of nitrogens with zero attached hydrogens (tertiary/aromatic N) is 1. The number of carbonyl (C=O) groups excluding carboxylic acids is 1. The van der Waals surface area contributed by atoms with Crippen LogP contribution in [0.5, 0.6) is 0 Å². The Hall–Kier alpha value is -2.36. The molecule has 0 bridgehead atoms. The number of carbonyl (C=O) groups is 1. The molecule has 126 valence electrons. The average Bonchev–Trinajstić information content (AvgIpc) is 3.04. The summed E-state index contributed by atoms with van der Waals surface area (Å²) in [6.07, 6.45) is 6.30. The summed E-state index contributed by atoms with van der Waals surface area (Å²) in [5.74, 6) is -0.0730. The number of hydrogen-bond donors (Lipinski definition) is 2. The van der Waals surface area contributed by atoms with Crippen LogP contribution in [0.1, 0.15) is 52.9 Å². The minimum absolute atomic E-state index is 0.0730. The van der Waals surface area contributed by atoms with Gasteiger partial charge in [-0.15, -0.1) is 0 Å². The molecule has 1 aromatic carbocycles. The van der Waals surface area contributed by atoms with Gasteiger partial charge < -0.3 is 10.6 Å². The number of anilines is 2. The first kappa shape index (κ1) is 16.5. The van der Waals surface area contributed by atoms with Crippen molar-refractivity contribution in [3.05, 3.63) is 52.8 Å². The van der Waals surface area contributed by atoms with Gasteiger partial charge in [-0.1, -0.05) is 30.5 Å². The number of rotatable bonds is 4. The van der Waals surface area contributed by atoms with E-state index in [1.54, 1.807) is 12.3 Å². The molecule has 4 nitrogen and oxygen atoms in total. The summed E-state index contributed by atoms with van der Waals surface area (Å²) >= 11 is 0. The summed E-state index contributed by atoms with van der Waals surface area (Å²) in [4.78, 5) is 16.5. The largest absolute Gasteiger partial charge is 0.354 e. The van der Waals surface area contributed by atoms with Gasteiger partial charge in [0.05, 0.1) is 11.9 Å². The zero-order chi connectivity index (χ0) is 17.1. The Morgan fingerprint density at radius 3 is 2.33 bits per heavy atom. The van der Waals surface area contributed by atoms with Gasteiger partial charge in [-0.25, -0.2) is 4.98 Å². The van der Waals surface area contributed by atoms with Gasteiger partial charge in [-0.2, -0.15) is 0 Å². The quantitative estimate of drug-likeness (QED) is 0.875. The second-order valence-electron chi connectivity index (χ2n) is 6.79. The maximum Gasteiger partial charge on any atom is 0.270 e. The minimum atomic E-state index is -0.0730. The Kier molecular flexibility index (Phi) is 4.84. The molecule has 0 spiro atoms. The molecule has 1 aliphatic carbocycles. The zero-order valence-electron chi connectivity index (χ0n) is 14.6. The molecule has 1 heterocycles. The highest BCUT2D eigenvalue weighted by Gasteiger charge is 2.18. The highest BCUT2D eigenvalue weighted by Crippen LogP contribution is 2.25. The summed E-state index contributed by atoms with van der Waals surface area (Å²) in [7, 11) is 0. The molecule has 0 saturated heterocycles. The van der Waals surface area contributed by atoms with E-state index in [-0.39, 0.29) is 5.91 Å². The molecule has 0 radical (unpaired) electrons. The SMILES string of the molecule is Cc1cc(C)c(Nc2ccc(C(=O)NC3CCCC3)nc2)c(C)c1. The molecule has 24 heavy (non-hydrogen) atoms. The molecule has 2 aromatic rings. The lowest BCUT2D eigenvalue weighted by molar-refractivity contribution is 0.0933. The topological polar surface area (TPSA) is 54.0 Å². The number of benzene rings is 1. The van der Waals surface area contributed by atoms with E-state index in [0.29, 0.717) is 11.7 Å². The number of pyridine rings is 1. The molecule has 4 heteroatoms. The summed E-state index contributed by atoms with van der Waals surface area (Å²) in [5, 5.41) is 6.48. The normalized spacial score (nSPS) is 14.6. The van der Waals surface area contributed by atoms with Crippen LogP contribution in [0.3, 0.4) is 0 Å². The summed E-state index contributed by atoms with van der Waals surface area (Å²) in [6.45, 7) is 6.29. The number of hydrogen-bond acceptors (Lipinski definition) is 3. The Labute approximate surface area is 143 Å². The van der Waals surface area contributed by atoms with Gasteiger partial charge in [0.15, 0.2) is 0 Å². The molecular formula is C20H25N3O. The molecule has 1 amide bonds. The second kappa shape index (κ2) is 7.04. The summed E-state index contributed by atoms with van der Waals surface area (Å²) in [6, 6.07) is 8.33. The monoisotopic (exact) mass is 323 g/mol. The lowest BCUT2D eigenvalue weighted by Crippen LogP contribution is -2.33. The van der Waals surface area contributed by atoms with Crippen LogP contribution in [0.25, 0.3) is 0 Å². The fourth-order valence-electron chi connectivity index (χ4n) is 3.45. The van der Waals surface area contributed by atoms with Crippen molar-refractivity contribution in [2.24, 2.45) is 0 Å². The number of aryl methyl sites for hydroxylation is 3. The number of aromatic nitrogens is 1. The molecule has 3 rings (SSSR count). The molecule has 1 aromatic heterocycles. The third kappa shape index (κ3) is 3.75. The fourth-order valence-corrected chi connectivity index (χ4v) is 3.45. The predicted octanol–water partition coefficient (Wildman–Crippen LogP) is 4.42. The minimum Gasteiger partial charge on any atom is -0.354 e. The third-order valence-electron chi connectivity index (χ3n) is 4.63. The van der Waals surface area contributed by atoms with Crippen molar-refractivity contribution in [2.75, 3.05) is 5.32 Å². The molecular weight excluding hydrogens is 298 g/mol. The molecule has 1 aliphatic rings. The lowest BCUT2D eigenvalue weighted by atomic mass is 10.0. The molecule has 0 unspecified atom stereocenters. The Morgan fingerprint density at radius 2 is 1.75 bits per heavy atom. The van der Waals surface area contributed by atoms with Crippen molar-refractivity contribution in [1.29, 1.82) is 0 Å². The van der Waals surface area contributed by atoms with Crippen molar-refractivity contribution in [3.63, 3.8) is 0 Å². The van der Waals surface area contributed by atoms with Gasteiger partial charge in [-0.05, 0) is 56.9 Å². The smallest absolute Gasteiger partial charge is 0.270 e. The molecule has 2 N–H and O–H groups in total. The highest BCUT2D eigenvalue weighted by atomic mass is 16.1. The van der Waals surface area contributed by atoms with Crippen molar-refractivity contribution in [2.45, 2.75) is 52.5 Å². The van der Waals surface area contributed by atoms with Gasteiger partial charge in [0.25, 0.3) is 5.91 Å². The van der Waals surface area contributed by atoms with Crippen LogP contribution in [0.15, 0.2) is 30.5 Å². The standard InChI is InChI=1S/C20H25N3O/c1-13-10-14(2)19(15(3)11-13)22-17-8-9-18(21-12-17)20(24)23-16-6-4-5-7-16/h8-12,16,22H,4-7H2,1-3H3,(H,23,24). The maximum absolute atomic E-state index is 12.2. The van der Waals surface area contributed by atoms with Crippen LogP contribution in [-0.2, 0) is 0 Å². The fraction of sp³-hybridized carbons (Fsp3) is 0.400. The van der Waals surface area contributed by atoms with E-state index < -0.39 is 0 Å². The van der Waals surface area contributed by atoms with Crippen molar-refractivity contribution < 1.29 is 4.79 Å². The first-order valence-electron chi connectivity index (χ1n) is 8.65. The Morgan fingerprint density at radius 1 is 1.08 bits per heavy atom.